The first-order valence-electron chi connectivity index (χ1n) is 12.5. The van der Waals surface area contributed by atoms with E-state index in [1.54, 1.807) is 48.7 Å². The van der Waals surface area contributed by atoms with Crippen molar-refractivity contribution in [3.63, 3.8) is 0 Å². The Hall–Kier alpha value is -4.62. The van der Waals surface area contributed by atoms with Crippen LogP contribution in [0.1, 0.15) is 28.2 Å². The first-order chi connectivity index (χ1) is 18.9. The first-order valence-corrected chi connectivity index (χ1v) is 12.9. The van der Waals surface area contributed by atoms with Crippen LogP contribution in [0.3, 0.4) is 0 Å². The zero-order valence-corrected chi connectivity index (χ0v) is 21.2. The molecule has 3 aliphatic carbocycles. The molecule has 7 nitrogen and oxygen atoms in total. The number of benzene rings is 4. The molecular weight excluding hydrogens is 514 g/mol. The number of hydrogen-bond donors (Lipinski definition) is 0. The Morgan fingerprint density at radius 2 is 1.41 bits per heavy atom. The highest BCUT2D eigenvalue weighted by Gasteiger charge is 2.68. The number of nitrogens with zero attached hydrogens (tertiary/aromatic N) is 3. The van der Waals surface area contributed by atoms with Crippen molar-refractivity contribution in [3.8, 4) is 0 Å². The fourth-order valence-electron chi connectivity index (χ4n) is 6.82. The van der Waals surface area contributed by atoms with Gasteiger partial charge in [-0.25, -0.2) is 4.90 Å². The number of anilines is 1. The Morgan fingerprint density at radius 3 is 2.08 bits per heavy atom. The van der Waals surface area contributed by atoms with Crippen LogP contribution < -0.4 is 4.90 Å². The lowest BCUT2D eigenvalue weighted by atomic mass is 9.47. The Bertz CT molecular complexity index is 1700. The molecule has 0 aromatic heterocycles. The lowest BCUT2D eigenvalue weighted by Gasteiger charge is -2.52. The molecule has 4 aliphatic rings. The van der Waals surface area contributed by atoms with Gasteiger partial charge in [0, 0.05) is 18.2 Å². The monoisotopic (exact) mass is 533 g/mol. The predicted octanol–water partition coefficient (Wildman–Crippen LogP) is 6.20. The Balaban J connectivity index is 1.52. The number of aliphatic imine (C=N–C) groups is 1. The van der Waals surface area contributed by atoms with E-state index in [9.17, 15) is 19.7 Å². The largest absolute Gasteiger partial charge is 0.294 e. The quantitative estimate of drug-likeness (QED) is 0.135. The van der Waals surface area contributed by atoms with E-state index in [0.29, 0.717) is 10.7 Å². The Kier molecular flexibility index (Phi) is 5.09. The summed E-state index contributed by atoms with van der Waals surface area (Å²) in [5.41, 5.74) is 2.91. The van der Waals surface area contributed by atoms with Gasteiger partial charge >= 0.3 is 0 Å². The fraction of sp³-hybridized carbons (Fsp3) is 0.129. The Morgan fingerprint density at radius 1 is 0.821 bits per heavy atom. The standard InChI is InChI=1S/C31H20ClN3O4/c32-22-13-5-7-15-24(22)34-29(36)27-26-18-9-1-3-11-20(18)31(28(27)30(34)37,21-12-4-2-10-19(21)26)17-33-23-14-6-8-16-25(23)35(38)39/h1-17,26-28H/t26?,27-,28-,31?/m1/s1. The minimum atomic E-state index is -1.13. The molecule has 1 saturated heterocycles. The van der Waals surface area contributed by atoms with Gasteiger partial charge in [-0.15, -0.1) is 0 Å². The van der Waals surface area contributed by atoms with Crippen LogP contribution in [0.5, 0.6) is 0 Å². The van der Waals surface area contributed by atoms with Gasteiger partial charge in [-0.05, 0) is 40.5 Å². The minimum Gasteiger partial charge on any atom is -0.274 e. The summed E-state index contributed by atoms with van der Waals surface area (Å²) in [4.78, 5) is 45.7. The van der Waals surface area contributed by atoms with Gasteiger partial charge in [-0.2, -0.15) is 0 Å². The molecule has 8 heteroatoms. The predicted molar refractivity (Wildman–Crippen MR) is 148 cm³/mol. The second-order valence-electron chi connectivity index (χ2n) is 9.99. The summed E-state index contributed by atoms with van der Waals surface area (Å²) < 4.78 is 0. The molecule has 39 heavy (non-hydrogen) atoms. The number of hydrogen-bond acceptors (Lipinski definition) is 5. The summed E-state index contributed by atoms with van der Waals surface area (Å²) in [6.45, 7) is 0. The number of para-hydroxylation sites is 3. The van der Waals surface area contributed by atoms with Gasteiger partial charge in [0.15, 0.2) is 0 Å². The Labute approximate surface area is 228 Å². The van der Waals surface area contributed by atoms with Crippen molar-refractivity contribution in [2.45, 2.75) is 11.3 Å². The van der Waals surface area contributed by atoms with Gasteiger partial charge in [0.2, 0.25) is 11.8 Å². The van der Waals surface area contributed by atoms with E-state index >= 15 is 0 Å². The highest BCUT2D eigenvalue weighted by molar-refractivity contribution is 6.36. The van der Waals surface area contributed by atoms with Crippen LogP contribution in [0.4, 0.5) is 17.1 Å². The van der Waals surface area contributed by atoms with Gasteiger partial charge in [0.1, 0.15) is 5.69 Å². The molecule has 0 N–H and O–H groups in total. The number of nitro benzene ring substituents is 1. The van der Waals surface area contributed by atoms with Crippen molar-refractivity contribution in [1.29, 1.82) is 0 Å². The highest BCUT2D eigenvalue weighted by Crippen LogP contribution is 2.64. The van der Waals surface area contributed by atoms with Crippen molar-refractivity contribution >= 4 is 46.7 Å². The summed E-state index contributed by atoms with van der Waals surface area (Å²) >= 11 is 6.49. The summed E-state index contributed by atoms with van der Waals surface area (Å²) in [6.07, 6.45) is 1.65. The fourth-order valence-corrected chi connectivity index (χ4v) is 7.04. The first kappa shape index (κ1) is 23.5. The van der Waals surface area contributed by atoms with E-state index in [2.05, 4.69) is 4.99 Å². The van der Waals surface area contributed by atoms with Crippen molar-refractivity contribution in [1.82, 2.24) is 0 Å². The van der Waals surface area contributed by atoms with Gasteiger partial charge < -0.3 is 0 Å². The molecule has 1 aliphatic heterocycles. The maximum absolute atomic E-state index is 14.4. The topological polar surface area (TPSA) is 92.9 Å². The van der Waals surface area contributed by atoms with Crippen LogP contribution in [0.2, 0.25) is 5.02 Å². The van der Waals surface area contributed by atoms with Gasteiger partial charge in [-0.1, -0.05) is 84.4 Å². The number of amides is 2. The average molecular weight is 534 g/mol. The summed E-state index contributed by atoms with van der Waals surface area (Å²) in [6, 6.07) is 28.7. The number of imide groups is 1. The summed E-state index contributed by atoms with van der Waals surface area (Å²) in [5.74, 6) is -2.48. The highest BCUT2D eigenvalue weighted by atomic mass is 35.5. The minimum absolute atomic E-state index is 0.140. The average Bonchev–Trinajstić information content (AvgIpc) is 3.23. The van der Waals surface area contributed by atoms with Crippen LogP contribution in [-0.2, 0) is 15.0 Å². The van der Waals surface area contributed by atoms with Gasteiger partial charge in [-0.3, -0.25) is 24.7 Å². The van der Waals surface area contributed by atoms with Crippen LogP contribution >= 0.6 is 11.6 Å². The van der Waals surface area contributed by atoms with E-state index in [0.717, 1.165) is 22.3 Å². The van der Waals surface area contributed by atoms with Crippen LogP contribution in [-0.4, -0.2) is 23.0 Å². The normalized spacial score (nSPS) is 24.5. The number of rotatable bonds is 4. The van der Waals surface area contributed by atoms with Crippen LogP contribution in [0.15, 0.2) is 102 Å². The summed E-state index contributed by atoms with van der Waals surface area (Å²) in [7, 11) is 0. The molecule has 0 spiro atoms. The molecule has 0 saturated carbocycles. The van der Waals surface area contributed by atoms with Crippen molar-refractivity contribution in [2.24, 2.45) is 16.8 Å². The lowest BCUT2D eigenvalue weighted by Crippen LogP contribution is -2.54. The molecule has 0 unspecified atom stereocenters. The molecular formula is C31H20ClN3O4. The molecule has 2 atom stereocenters. The molecule has 2 amide bonds. The van der Waals surface area contributed by atoms with Crippen molar-refractivity contribution < 1.29 is 14.5 Å². The third-order valence-electron chi connectivity index (χ3n) is 8.26. The molecule has 1 fully saturated rings. The summed E-state index contributed by atoms with van der Waals surface area (Å²) in [5, 5.41) is 12.1. The second kappa shape index (κ2) is 8.44. The van der Waals surface area contributed by atoms with E-state index in [1.165, 1.54) is 11.0 Å². The molecule has 4 aromatic rings. The van der Waals surface area contributed by atoms with Crippen LogP contribution in [0.25, 0.3) is 0 Å². The van der Waals surface area contributed by atoms with E-state index in [1.807, 2.05) is 48.5 Å². The molecule has 0 radical (unpaired) electrons. The van der Waals surface area contributed by atoms with Gasteiger partial charge in [0.25, 0.3) is 5.69 Å². The maximum Gasteiger partial charge on any atom is 0.294 e. The van der Waals surface area contributed by atoms with E-state index in [-0.39, 0.29) is 29.1 Å². The molecule has 1 heterocycles. The smallest absolute Gasteiger partial charge is 0.274 e. The molecule has 4 aromatic carbocycles. The van der Waals surface area contributed by atoms with Crippen molar-refractivity contribution in [3.05, 3.63) is 134 Å². The number of carbonyl (C=O) groups is 2. The van der Waals surface area contributed by atoms with E-state index < -0.39 is 22.2 Å². The van der Waals surface area contributed by atoms with Crippen LogP contribution in [0, 0.1) is 22.0 Å². The molecule has 2 bridgehead atoms. The van der Waals surface area contributed by atoms with Gasteiger partial charge in [0.05, 0.1) is 32.9 Å². The SMILES string of the molecule is O=C1[C@@H]2C3c4ccccc4C(C=Nc4ccccc4[N+](=O)[O-])(c4ccccc43)[C@H]2C(=O)N1c1ccccc1Cl. The van der Waals surface area contributed by atoms with E-state index in [4.69, 9.17) is 11.6 Å². The lowest BCUT2D eigenvalue weighted by molar-refractivity contribution is -0.384. The number of carbonyl (C=O) groups excluding carboxylic acids is 2. The third-order valence-corrected chi connectivity index (χ3v) is 8.58. The maximum atomic E-state index is 14.4. The number of halogens is 1. The third kappa shape index (κ3) is 3.08. The molecule has 190 valence electrons. The van der Waals surface area contributed by atoms with Crippen molar-refractivity contribution in [2.75, 3.05) is 4.90 Å². The molecule has 8 rings (SSSR count). The zero-order valence-electron chi connectivity index (χ0n) is 20.4. The number of nitro groups is 1. The second-order valence-corrected chi connectivity index (χ2v) is 10.4. The zero-order chi connectivity index (χ0) is 26.9.